The Balaban J connectivity index is 1.87. The number of anilines is 1. The maximum atomic E-state index is 12.1. The first-order chi connectivity index (χ1) is 11.4. The van der Waals surface area contributed by atoms with Crippen molar-refractivity contribution in [3.05, 3.63) is 47.5 Å². The Kier molecular flexibility index (Phi) is 5.73. The number of rotatable bonds is 6. The predicted molar refractivity (Wildman–Crippen MR) is 93.9 cm³/mol. The third-order valence-corrected chi connectivity index (χ3v) is 3.77. The maximum Gasteiger partial charge on any atom is 0.243 e. The monoisotopic (exact) mass is 328 g/mol. The summed E-state index contributed by atoms with van der Waals surface area (Å²) in [4.78, 5) is 28.3. The van der Waals surface area contributed by atoms with Gasteiger partial charge in [-0.25, -0.2) is 4.98 Å². The van der Waals surface area contributed by atoms with Crippen molar-refractivity contribution in [2.45, 2.75) is 40.2 Å². The Labute approximate surface area is 142 Å². The molecule has 0 aliphatic rings. The highest BCUT2D eigenvalue weighted by molar-refractivity contribution is 5.95. The van der Waals surface area contributed by atoms with Gasteiger partial charge in [-0.2, -0.15) is 0 Å². The molecule has 0 saturated carbocycles. The van der Waals surface area contributed by atoms with Crippen LogP contribution in [0.5, 0.6) is 0 Å². The van der Waals surface area contributed by atoms with Gasteiger partial charge in [0.05, 0.1) is 6.54 Å². The van der Waals surface area contributed by atoms with E-state index < -0.39 is 0 Å². The first-order valence-corrected chi connectivity index (χ1v) is 8.02. The van der Waals surface area contributed by atoms with Crippen molar-refractivity contribution < 1.29 is 9.59 Å². The minimum Gasteiger partial charge on any atom is -0.345 e. The zero-order chi connectivity index (χ0) is 17.7. The lowest BCUT2D eigenvalue weighted by atomic mass is 10.1. The smallest absolute Gasteiger partial charge is 0.243 e. The topological polar surface area (TPSA) is 76.0 Å². The quantitative estimate of drug-likeness (QED) is 0.855. The number of nitrogens with one attached hydrogen (secondary N) is 2. The third-order valence-electron chi connectivity index (χ3n) is 3.77. The van der Waals surface area contributed by atoms with Crippen molar-refractivity contribution in [3.8, 4) is 0 Å². The van der Waals surface area contributed by atoms with Gasteiger partial charge >= 0.3 is 0 Å². The van der Waals surface area contributed by atoms with Gasteiger partial charge in [0.15, 0.2) is 0 Å². The minimum atomic E-state index is -0.240. The average molecular weight is 328 g/mol. The molecular formula is C18H24N4O2. The highest BCUT2D eigenvalue weighted by Gasteiger charge is 2.12. The van der Waals surface area contributed by atoms with Crippen LogP contribution < -0.4 is 10.6 Å². The molecule has 6 heteroatoms. The van der Waals surface area contributed by atoms with Gasteiger partial charge in [-0.1, -0.05) is 32.0 Å². The molecule has 0 spiro atoms. The van der Waals surface area contributed by atoms with E-state index in [0.717, 1.165) is 22.6 Å². The Bertz CT molecular complexity index is 714. The highest BCUT2D eigenvalue weighted by Crippen LogP contribution is 2.19. The maximum absolute atomic E-state index is 12.1. The van der Waals surface area contributed by atoms with E-state index in [1.807, 2.05) is 45.9 Å². The van der Waals surface area contributed by atoms with Crippen LogP contribution in [0.15, 0.2) is 30.6 Å². The summed E-state index contributed by atoms with van der Waals surface area (Å²) in [6.07, 6.45) is 3.45. The summed E-state index contributed by atoms with van der Waals surface area (Å²) in [6.45, 7) is 8.02. The number of para-hydroxylation sites is 1. The number of amides is 2. The van der Waals surface area contributed by atoms with Crippen molar-refractivity contribution in [2.24, 2.45) is 0 Å². The number of aromatic nitrogens is 2. The largest absolute Gasteiger partial charge is 0.345 e. The van der Waals surface area contributed by atoms with Crippen LogP contribution >= 0.6 is 0 Å². The van der Waals surface area contributed by atoms with Crippen LogP contribution in [0.25, 0.3) is 0 Å². The van der Waals surface area contributed by atoms with Gasteiger partial charge in [-0.15, -0.1) is 0 Å². The van der Waals surface area contributed by atoms with Crippen LogP contribution in [0.3, 0.4) is 0 Å². The summed E-state index contributed by atoms with van der Waals surface area (Å²) in [6, 6.07) is 5.82. The first kappa shape index (κ1) is 17.7. The lowest BCUT2D eigenvalue weighted by molar-refractivity contribution is -0.124. The van der Waals surface area contributed by atoms with Crippen molar-refractivity contribution in [1.29, 1.82) is 0 Å². The zero-order valence-electron chi connectivity index (χ0n) is 14.6. The highest BCUT2D eigenvalue weighted by atomic mass is 16.2. The van der Waals surface area contributed by atoms with Crippen molar-refractivity contribution >= 4 is 17.5 Å². The van der Waals surface area contributed by atoms with Crippen LogP contribution in [0.4, 0.5) is 5.69 Å². The molecule has 0 radical (unpaired) electrons. The molecule has 0 saturated heterocycles. The van der Waals surface area contributed by atoms with E-state index in [4.69, 9.17) is 0 Å². The molecule has 0 bridgehead atoms. The van der Waals surface area contributed by atoms with Crippen LogP contribution in [0.2, 0.25) is 0 Å². The van der Waals surface area contributed by atoms with Crippen molar-refractivity contribution in [2.75, 3.05) is 11.9 Å². The Morgan fingerprint density at radius 2 is 1.83 bits per heavy atom. The fourth-order valence-corrected chi connectivity index (χ4v) is 2.54. The van der Waals surface area contributed by atoms with Crippen LogP contribution in [-0.2, 0) is 16.1 Å². The van der Waals surface area contributed by atoms with Gasteiger partial charge < -0.3 is 15.2 Å². The van der Waals surface area contributed by atoms with E-state index in [-0.39, 0.29) is 30.8 Å². The van der Waals surface area contributed by atoms with E-state index in [1.54, 1.807) is 17.0 Å². The molecule has 2 N–H and O–H groups in total. The van der Waals surface area contributed by atoms with Gasteiger partial charge in [0, 0.05) is 24.0 Å². The Morgan fingerprint density at radius 3 is 2.46 bits per heavy atom. The van der Waals surface area contributed by atoms with E-state index in [1.165, 1.54) is 0 Å². The van der Waals surface area contributed by atoms with Crippen LogP contribution in [0, 0.1) is 13.8 Å². The molecule has 0 atom stereocenters. The lowest BCUT2D eigenvalue weighted by Gasteiger charge is -2.13. The second-order valence-corrected chi connectivity index (χ2v) is 6.16. The summed E-state index contributed by atoms with van der Waals surface area (Å²) >= 11 is 0. The number of aryl methyl sites for hydroxylation is 2. The standard InChI is InChI=1S/C18H24N4O2/c1-12(2)18-19-8-9-22(18)11-16(24)20-10-15(23)21-17-13(3)6-5-7-14(17)4/h5-9,12H,10-11H2,1-4H3,(H,20,24)(H,21,23). The van der Waals surface area contributed by atoms with Crippen molar-refractivity contribution in [3.63, 3.8) is 0 Å². The summed E-state index contributed by atoms with van der Waals surface area (Å²) in [5, 5.41) is 5.50. The second kappa shape index (κ2) is 7.77. The Morgan fingerprint density at radius 1 is 1.17 bits per heavy atom. The molecule has 2 aromatic rings. The SMILES string of the molecule is Cc1cccc(C)c1NC(=O)CNC(=O)Cn1ccnc1C(C)C. The van der Waals surface area contributed by atoms with Gasteiger partial charge in [-0.3, -0.25) is 9.59 Å². The van der Waals surface area contributed by atoms with E-state index in [2.05, 4.69) is 15.6 Å². The van der Waals surface area contributed by atoms with Gasteiger partial charge in [0.1, 0.15) is 12.4 Å². The number of nitrogens with zero attached hydrogens (tertiary/aromatic N) is 2. The zero-order valence-corrected chi connectivity index (χ0v) is 14.6. The van der Waals surface area contributed by atoms with Gasteiger partial charge in [0.2, 0.25) is 11.8 Å². The lowest BCUT2D eigenvalue weighted by Crippen LogP contribution is -2.35. The fourth-order valence-electron chi connectivity index (χ4n) is 2.54. The van der Waals surface area contributed by atoms with E-state index in [9.17, 15) is 9.59 Å². The molecule has 0 fully saturated rings. The molecule has 1 heterocycles. The molecule has 1 aromatic heterocycles. The summed E-state index contributed by atoms with van der Waals surface area (Å²) in [5.74, 6) is 0.632. The normalized spacial score (nSPS) is 10.7. The van der Waals surface area contributed by atoms with Crippen LogP contribution in [-0.4, -0.2) is 27.9 Å². The average Bonchev–Trinajstić information content (AvgIpc) is 2.97. The minimum absolute atomic E-state index is 0.0572. The molecular weight excluding hydrogens is 304 g/mol. The third kappa shape index (κ3) is 4.44. The number of imidazole rings is 1. The van der Waals surface area contributed by atoms with E-state index >= 15 is 0 Å². The second-order valence-electron chi connectivity index (χ2n) is 6.16. The fraction of sp³-hybridized carbons (Fsp3) is 0.389. The number of hydrogen-bond donors (Lipinski definition) is 2. The predicted octanol–water partition coefficient (Wildman–Crippen LogP) is 2.38. The molecule has 2 amide bonds. The molecule has 2 rings (SSSR count). The number of benzene rings is 1. The summed E-state index contributed by atoms with van der Waals surface area (Å²) in [7, 11) is 0. The van der Waals surface area contributed by atoms with E-state index in [0.29, 0.717) is 0 Å². The molecule has 1 aromatic carbocycles. The molecule has 0 unspecified atom stereocenters. The van der Waals surface area contributed by atoms with Gasteiger partial charge in [0.25, 0.3) is 0 Å². The van der Waals surface area contributed by atoms with Crippen LogP contribution in [0.1, 0.15) is 36.7 Å². The molecule has 6 nitrogen and oxygen atoms in total. The first-order valence-electron chi connectivity index (χ1n) is 8.02. The van der Waals surface area contributed by atoms with Gasteiger partial charge in [-0.05, 0) is 25.0 Å². The summed E-state index contributed by atoms with van der Waals surface area (Å²) < 4.78 is 1.80. The number of hydrogen-bond acceptors (Lipinski definition) is 3. The summed E-state index contributed by atoms with van der Waals surface area (Å²) in [5.41, 5.74) is 2.79. The number of carbonyl (C=O) groups is 2. The molecule has 0 aliphatic heterocycles. The molecule has 0 aliphatic carbocycles. The van der Waals surface area contributed by atoms with Crippen molar-refractivity contribution in [1.82, 2.24) is 14.9 Å². The Hall–Kier alpha value is -2.63. The number of carbonyl (C=O) groups excluding carboxylic acids is 2. The molecule has 24 heavy (non-hydrogen) atoms. The molecule has 128 valence electrons.